The number of hydrogen-bond acceptors (Lipinski definition) is 2. The van der Waals surface area contributed by atoms with E-state index in [-0.39, 0.29) is 5.91 Å². The summed E-state index contributed by atoms with van der Waals surface area (Å²) in [5.74, 6) is 0.00977. The maximum absolute atomic E-state index is 12.9. The highest BCUT2D eigenvalue weighted by molar-refractivity contribution is 6.07. The monoisotopic (exact) mass is 281 g/mol. The molecule has 1 aliphatic heterocycles. The van der Waals surface area contributed by atoms with Crippen LogP contribution in [0.15, 0.2) is 42.5 Å². The molecule has 3 heteroatoms. The fraction of sp³-hybridized carbons (Fsp3) is 0.278. The lowest BCUT2D eigenvalue weighted by Crippen LogP contribution is -2.37. The maximum Gasteiger partial charge on any atom is 0.258 e. The van der Waals surface area contributed by atoms with E-state index in [1.807, 2.05) is 56.3 Å². The minimum Gasteiger partial charge on any atom is -0.388 e. The molecule has 21 heavy (non-hydrogen) atoms. The molecule has 1 atom stereocenters. The number of carbonyl (C=O) groups excluding carboxylic acids is 1. The molecule has 0 radical (unpaired) electrons. The number of aliphatic hydroxyl groups excluding tert-OH is 1. The lowest BCUT2D eigenvalue weighted by atomic mass is 9.97. The van der Waals surface area contributed by atoms with Crippen LogP contribution in [0.2, 0.25) is 0 Å². The number of para-hydroxylation sites is 1. The van der Waals surface area contributed by atoms with Crippen molar-refractivity contribution in [3.8, 4) is 0 Å². The van der Waals surface area contributed by atoms with E-state index in [1.54, 1.807) is 4.90 Å². The first-order chi connectivity index (χ1) is 10.1. The SMILES string of the molecule is Cc1ccc(C)c(C(=O)N2CCC(O)c3ccccc32)c1. The molecular weight excluding hydrogens is 262 g/mol. The number of fused-ring (bicyclic) bond motifs is 1. The lowest BCUT2D eigenvalue weighted by molar-refractivity contribution is 0.0970. The Hall–Kier alpha value is -2.13. The number of hydrogen-bond donors (Lipinski definition) is 1. The summed E-state index contributed by atoms with van der Waals surface area (Å²) >= 11 is 0. The van der Waals surface area contributed by atoms with Crippen LogP contribution in [0, 0.1) is 13.8 Å². The fourth-order valence-corrected chi connectivity index (χ4v) is 2.87. The predicted octanol–water partition coefficient (Wildman–Crippen LogP) is 3.39. The van der Waals surface area contributed by atoms with E-state index >= 15 is 0 Å². The van der Waals surface area contributed by atoms with Gasteiger partial charge in [-0.3, -0.25) is 4.79 Å². The van der Waals surface area contributed by atoms with Gasteiger partial charge in [0.05, 0.1) is 6.10 Å². The van der Waals surface area contributed by atoms with Crippen LogP contribution in [0.3, 0.4) is 0 Å². The van der Waals surface area contributed by atoms with E-state index in [4.69, 9.17) is 0 Å². The summed E-state index contributed by atoms with van der Waals surface area (Å²) in [5, 5.41) is 10.1. The van der Waals surface area contributed by atoms with Crippen LogP contribution in [0.4, 0.5) is 5.69 Å². The van der Waals surface area contributed by atoms with Crippen LogP contribution in [-0.2, 0) is 0 Å². The van der Waals surface area contributed by atoms with Gasteiger partial charge >= 0.3 is 0 Å². The Balaban J connectivity index is 2.03. The molecule has 1 heterocycles. The van der Waals surface area contributed by atoms with Crippen LogP contribution in [0.25, 0.3) is 0 Å². The van der Waals surface area contributed by atoms with Crippen molar-refractivity contribution in [2.24, 2.45) is 0 Å². The molecule has 1 amide bonds. The molecular formula is C18H19NO2. The summed E-state index contributed by atoms with van der Waals surface area (Å²) in [6, 6.07) is 13.5. The van der Waals surface area contributed by atoms with Gasteiger partial charge in [0, 0.05) is 23.4 Å². The van der Waals surface area contributed by atoms with Gasteiger partial charge in [0.1, 0.15) is 0 Å². The van der Waals surface area contributed by atoms with Crippen molar-refractivity contribution in [3.63, 3.8) is 0 Å². The van der Waals surface area contributed by atoms with E-state index in [2.05, 4.69) is 0 Å². The van der Waals surface area contributed by atoms with Crippen LogP contribution in [0.5, 0.6) is 0 Å². The van der Waals surface area contributed by atoms with Gasteiger partial charge in [0.25, 0.3) is 5.91 Å². The first kappa shape index (κ1) is 13.8. The Labute approximate surface area is 124 Å². The molecule has 0 saturated heterocycles. The maximum atomic E-state index is 12.9. The molecule has 0 bridgehead atoms. The van der Waals surface area contributed by atoms with Crippen LogP contribution < -0.4 is 4.90 Å². The van der Waals surface area contributed by atoms with Crippen molar-refractivity contribution < 1.29 is 9.90 Å². The summed E-state index contributed by atoms with van der Waals surface area (Å²) < 4.78 is 0. The molecule has 0 spiro atoms. The van der Waals surface area contributed by atoms with Gasteiger partial charge in [-0.15, -0.1) is 0 Å². The smallest absolute Gasteiger partial charge is 0.258 e. The van der Waals surface area contributed by atoms with Gasteiger partial charge in [0.15, 0.2) is 0 Å². The van der Waals surface area contributed by atoms with E-state index < -0.39 is 6.10 Å². The second-order valence-electron chi connectivity index (χ2n) is 5.64. The van der Waals surface area contributed by atoms with Crippen molar-refractivity contribution in [1.29, 1.82) is 0 Å². The van der Waals surface area contributed by atoms with Crippen molar-refractivity contribution in [2.45, 2.75) is 26.4 Å². The second kappa shape index (κ2) is 5.34. The summed E-state index contributed by atoms with van der Waals surface area (Å²) in [5.41, 5.74) is 4.45. The molecule has 0 aromatic heterocycles. The molecule has 0 fully saturated rings. The zero-order valence-electron chi connectivity index (χ0n) is 12.3. The van der Waals surface area contributed by atoms with E-state index in [9.17, 15) is 9.90 Å². The highest BCUT2D eigenvalue weighted by atomic mass is 16.3. The molecule has 0 saturated carbocycles. The molecule has 2 aromatic rings. The third-order valence-corrected chi connectivity index (χ3v) is 4.08. The highest BCUT2D eigenvalue weighted by Gasteiger charge is 2.28. The quantitative estimate of drug-likeness (QED) is 0.870. The zero-order valence-corrected chi connectivity index (χ0v) is 12.3. The molecule has 1 N–H and O–H groups in total. The Kier molecular flexibility index (Phi) is 3.52. The van der Waals surface area contributed by atoms with Gasteiger partial charge in [0.2, 0.25) is 0 Å². The predicted molar refractivity (Wildman–Crippen MR) is 83.6 cm³/mol. The number of benzene rings is 2. The Morgan fingerprint density at radius 2 is 1.95 bits per heavy atom. The van der Waals surface area contributed by atoms with Crippen LogP contribution in [-0.4, -0.2) is 17.6 Å². The summed E-state index contributed by atoms with van der Waals surface area (Å²) in [6.07, 6.45) is 0.0945. The highest BCUT2D eigenvalue weighted by Crippen LogP contribution is 2.34. The third kappa shape index (κ3) is 2.45. The number of anilines is 1. The number of rotatable bonds is 1. The topological polar surface area (TPSA) is 40.5 Å². The van der Waals surface area contributed by atoms with Gasteiger partial charge < -0.3 is 10.0 Å². The number of aryl methyl sites for hydroxylation is 2. The largest absolute Gasteiger partial charge is 0.388 e. The molecule has 3 rings (SSSR count). The Morgan fingerprint density at radius 1 is 1.19 bits per heavy atom. The minimum absolute atomic E-state index is 0.00977. The second-order valence-corrected chi connectivity index (χ2v) is 5.64. The number of carbonyl (C=O) groups is 1. The molecule has 3 nitrogen and oxygen atoms in total. The number of nitrogens with zero attached hydrogens (tertiary/aromatic N) is 1. The standard InChI is InChI=1S/C18H19NO2/c1-12-7-8-13(2)15(11-12)18(21)19-10-9-17(20)14-5-3-4-6-16(14)19/h3-8,11,17,20H,9-10H2,1-2H3. The first-order valence-electron chi connectivity index (χ1n) is 7.24. The zero-order chi connectivity index (χ0) is 15.0. The third-order valence-electron chi connectivity index (χ3n) is 4.08. The van der Waals surface area contributed by atoms with Crippen molar-refractivity contribution in [1.82, 2.24) is 0 Å². The van der Waals surface area contributed by atoms with Gasteiger partial charge in [-0.2, -0.15) is 0 Å². The van der Waals surface area contributed by atoms with Gasteiger partial charge in [-0.1, -0.05) is 35.9 Å². The normalized spacial score (nSPS) is 17.5. The average Bonchev–Trinajstić information content (AvgIpc) is 2.50. The number of aliphatic hydroxyl groups is 1. The molecule has 1 unspecified atom stereocenters. The number of amides is 1. The molecule has 0 aliphatic carbocycles. The minimum atomic E-state index is -0.483. The van der Waals surface area contributed by atoms with Crippen LogP contribution >= 0.6 is 0 Å². The molecule has 1 aliphatic rings. The van der Waals surface area contributed by atoms with Crippen molar-refractivity contribution >= 4 is 11.6 Å². The summed E-state index contributed by atoms with van der Waals surface area (Å²) in [6.45, 7) is 4.49. The fourth-order valence-electron chi connectivity index (χ4n) is 2.87. The van der Waals surface area contributed by atoms with Gasteiger partial charge in [-0.05, 0) is 38.0 Å². The summed E-state index contributed by atoms with van der Waals surface area (Å²) in [7, 11) is 0. The van der Waals surface area contributed by atoms with Crippen molar-refractivity contribution in [3.05, 3.63) is 64.7 Å². The lowest BCUT2D eigenvalue weighted by Gasteiger charge is -2.32. The first-order valence-corrected chi connectivity index (χ1v) is 7.24. The summed E-state index contributed by atoms with van der Waals surface area (Å²) in [4.78, 5) is 14.7. The van der Waals surface area contributed by atoms with E-state index in [0.717, 1.165) is 27.9 Å². The average molecular weight is 281 g/mol. The molecule has 108 valence electrons. The molecule has 2 aromatic carbocycles. The van der Waals surface area contributed by atoms with E-state index in [0.29, 0.717) is 13.0 Å². The Bertz CT molecular complexity index is 693. The van der Waals surface area contributed by atoms with Gasteiger partial charge in [-0.25, -0.2) is 0 Å². The van der Waals surface area contributed by atoms with Crippen molar-refractivity contribution in [2.75, 3.05) is 11.4 Å². The van der Waals surface area contributed by atoms with E-state index in [1.165, 1.54) is 0 Å². The van der Waals surface area contributed by atoms with Crippen LogP contribution in [0.1, 0.15) is 39.6 Å². The Morgan fingerprint density at radius 3 is 2.76 bits per heavy atom.